The SMILES string of the molecule is C.C[C@]1(CCc2ccccc2Cl)COC(N)=N1. The Balaban J connectivity index is 0.00000144. The Bertz CT molecular complexity index is 420. The first kappa shape index (κ1) is 13.8. The van der Waals surface area contributed by atoms with Gasteiger partial charge in [0.1, 0.15) is 6.61 Å². The molecule has 1 atom stereocenters. The van der Waals surface area contributed by atoms with Crippen molar-refractivity contribution in [3.05, 3.63) is 34.9 Å². The smallest absolute Gasteiger partial charge is 0.282 e. The molecule has 1 aromatic rings. The molecule has 0 unspecified atom stereocenters. The maximum Gasteiger partial charge on any atom is 0.282 e. The average Bonchev–Trinajstić information content (AvgIpc) is 2.58. The number of amidine groups is 1. The van der Waals surface area contributed by atoms with Gasteiger partial charge in [-0.15, -0.1) is 0 Å². The standard InChI is InChI=1S/C12H15ClN2O.CH4/c1-12(8-16-11(14)15-12)7-6-9-4-2-3-5-10(9)13;/h2-5H,6-8H2,1H3,(H2,14,15);1H4/t12-;/m0./s1. The molecule has 2 N–H and O–H groups in total. The van der Waals surface area contributed by atoms with Gasteiger partial charge in [0.2, 0.25) is 0 Å². The minimum atomic E-state index is -0.205. The summed E-state index contributed by atoms with van der Waals surface area (Å²) in [4.78, 5) is 4.29. The second kappa shape index (κ2) is 5.41. The van der Waals surface area contributed by atoms with Gasteiger partial charge in [0.05, 0.1) is 5.54 Å². The van der Waals surface area contributed by atoms with Gasteiger partial charge in [-0.25, -0.2) is 4.99 Å². The maximum absolute atomic E-state index is 6.09. The fourth-order valence-electron chi connectivity index (χ4n) is 1.79. The third-order valence-corrected chi connectivity index (χ3v) is 3.17. The maximum atomic E-state index is 6.09. The van der Waals surface area contributed by atoms with E-state index in [0.29, 0.717) is 12.6 Å². The van der Waals surface area contributed by atoms with Crippen LogP contribution in [0.15, 0.2) is 29.3 Å². The lowest BCUT2D eigenvalue weighted by Crippen LogP contribution is -2.24. The third-order valence-electron chi connectivity index (χ3n) is 2.80. The van der Waals surface area contributed by atoms with Gasteiger partial charge in [0, 0.05) is 5.02 Å². The zero-order valence-electron chi connectivity index (χ0n) is 9.24. The van der Waals surface area contributed by atoms with Gasteiger partial charge in [-0.2, -0.15) is 0 Å². The summed E-state index contributed by atoms with van der Waals surface area (Å²) in [7, 11) is 0. The monoisotopic (exact) mass is 254 g/mol. The lowest BCUT2D eigenvalue weighted by Gasteiger charge is -2.17. The summed E-state index contributed by atoms with van der Waals surface area (Å²) in [6.45, 7) is 2.60. The summed E-state index contributed by atoms with van der Waals surface area (Å²) in [5.74, 6) is 0. The first-order valence-electron chi connectivity index (χ1n) is 5.31. The van der Waals surface area contributed by atoms with Crippen LogP contribution in [0.1, 0.15) is 26.3 Å². The van der Waals surface area contributed by atoms with Gasteiger partial charge < -0.3 is 10.5 Å². The number of hydrogen-bond acceptors (Lipinski definition) is 3. The van der Waals surface area contributed by atoms with Crippen molar-refractivity contribution in [2.45, 2.75) is 32.7 Å². The van der Waals surface area contributed by atoms with Crippen LogP contribution < -0.4 is 5.73 Å². The van der Waals surface area contributed by atoms with Crippen molar-refractivity contribution in [3.63, 3.8) is 0 Å². The lowest BCUT2D eigenvalue weighted by molar-refractivity contribution is 0.255. The van der Waals surface area contributed by atoms with E-state index in [9.17, 15) is 0 Å². The summed E-state index contributed by atoms with van der Waals surface area (Å²) < 4.78 is 5.18. The molecule has 0 bridgehead atoms. The Morgan fingerprint density at radius 2 is 2.18 bits per heavy atom. The summed E-state index contributed by atoms with van der Waals surface area (Å²) in [5.41, 5.74) is 6.45. The Labute approximate surface area is 108 Å². The first-order valence-corrected chi connectivity index (χ1v) is 5.68. The Morgan fingerprint density at radius 1 is 1.47 bits per heavy atom. The molecule has 0 aliphatic carbocycles. The normalized spacial score (nSPS) is 22.6. The van der Waals surface area contributed by atoms with Gasteiger partial charge in [-0.1, -0.05) is 37.2 Å². The largest absolute Gasteiger partial charge is 0.463 e. The molecule has 1 aliphatic rings. The highest BCUT2D eigenvalue weighted by Gasteiger charge is 2.30. The quantitative estimate of drug-likeness (QED) is 0.901. The van der Waals surface area contributed by atoms with Gasteiger partial charge in [0.15, 0.2) is 0 Å². The van der Waals surface area contributed by atoms with Crippen LogP contribution in [0.5, 0.6) is 0 Å². The molecule has 0 amide bonds. The van der Waals surface area contributed by atoms with Crippen LogP contribution in [0.25, 0.3) is 0 Å². The van der Waals surface area contributed by atoms with E-state index in [0.717, 1.165) is 23.4 Å². The number of benzene rings is 1. The van der Waals surface area contributed by atoms with Gasteiger partial charge in [0.25, 0.3) is 6.02 Å². The topological polar surface area (TPSA) is 47.6 Å². The summed E-state index contributed by atoms with van der Waals surface area (Å²) in [5, 5.41) is 0.807. The van der Waals surface area contributed by atoms with Crippen molar-refractivity contribution in [1.29, 1.82) is 0 Å². The van der Waals surface area contributed by atoms with Crippen molar-refractivity contribution in [3.8, 4) is 0 Å². The number of aliphatic imine (C=N–C) groups is 1. The molecule has 3 nitrogen and oxygen atoms in total. The molecule has 0 saturated carbocycles. The molecule has 1 heterocycles. The molecular weight excluding hydrogens is 236 g/mol. The van der Waals surface area contributed by atoms with E-state index in [1.165, 1.54) is 0 Å². The van der Waals surface area contributed by atoms with E-state index in [1.807, 2.05) is 31.2 Å². The van der Waals surface area contributed by atoms with Crippen LogP contribution in [0.3, 0.4) is 0 Å². The molecule has 0 aromatic heterocycles. The number of hydrogen-bond donors (Lipinski definition) is 1. The van der Waals surface area contributed by atoms with E-state index in [4.69, 9.17) is 22.1 Å². The molecule has 1 aliphatic heterocycles. The predicted octanol–water partition coefficient (Wildman–Crippen LogP) is 3.01. The highest BCUT2D eigenvalue weighted by atomic mass is 35.5. The van der Waals surface area contributed by atoms with Crippen LogP contribution in [0.4, 0.5) is 0 Å². The number of aryl methyl sites for hydroxylation is 1. The summed E-state index contributed by atoms with van der Waals surface area (Å²) >= 11 is 6.09. The fourth-order valence-corrected chi connectivity index (χ4v) is 2.02. The van der Waals surface area contributed by atoms with E-state index in [1.54, 1.807) is 0 Å². The molecule has 17 heavy (non-hydrogen) atoms. The fraction of sp³-hybridized carbons (Fsp3) is 0.462. The Kier molecular flexibility index (Phi) is 4.40. The molecule has 0 spiro atoms. The molecule has 2 rings (SSSR count). The summed E-state index contributed by atoms with van der Waals surface area (Å²) in [6.07, 6.45) is 1.77. The molecule has 0 radical (unpaired) electrons. The van der Waals surface area contributed by atoms with E-state index in [2.05, 4.69) is 4.99 Å². The number of halogens is 1. The van der Waals surface area contributed by atoms with Crippen LogP contribution in [0.2, 0.25) is 5.02 Å². The van der Waals surface area contributed by atoms with Gasteiger partial charge in [-0.3, -0.25) is 0 Å². The number of nitrogens with zero attached hydrogens (tertiary/aromatic N) is 1. The lowest BCUT2D eigenvalue weighted by atomic mass is 9.95. The van der Waals surface area contributed by atoms with Crippen LogP contribution in [0, 0.1) is 0 Å². The Hall–Kier alpha value is -1.22. The highest BCUT2D eigenvalue weighted by Crippen LogP contribution is 2.25. The third kappa shape index (κ3) is 3.37. The number of rotatable bonds is 3. The van der Waals surface area contributed by atoms with E-state index >= 15 is 0 Å². The minimum absolute atomic E-state index is 0. The molecule has 4 heteroatoms. The second-order valence-corrected chi connectivity index (χ2v) is 4.73. The number of ether oxygens (including phenoxy) is 1. The van der Waals surface area contributed by atoms with E-state index in [-0.39, 0.29) is 13.0 Å². The zero-order chi connectivity index (χ0) is 11.6. The molecule has 0 saturated heterocycles. The summed E-state index contributed by atoms with van der Waals surface area (Å²) in [6, 6.07) is 8.16. The van der Waals surface area contributed by atoms with Crippen molar-refractivity contribution >= 4 is 17.6 Å². The van der Waals surface area contributed by atoms with Gasteiger partial charge in [-0.05, 0) is 31.4 Å². The van der Waals surface area contributed by atoms with Crippen molar-refractivity contribution < 1.29 is 4.74 Å². The van der Waals surface area contributed by atoms with Gasteiger partial charge >= 0.3 is 0 Å². The average molecular weight is 255 g/mol. The minimum Gasteiger partial charge on any atom is -0.463 e. The molecular formula is C13H19ClN2O. The highest BCUT2D eigenvalue weighted by molar-refractivity contribution is 6.31. The first-order chi connectivity index (χ1) is 7.59. The molecule has 94 valence electrons. The van der Waals surface area contributed by atoms with Crippen LogP contribution in [-0.2, 0) is 11.2 Å². The second-order valence-electron chi connectivity index (χ2n) is 4.33. The predicted molar refractivity (Wildman–Crippen MR) is 72.5 cm³/mol. The van der Waals surface area contributed by atoms with Crippen LogP contribution in [-0.4, -0.2) is 18.2 Å². The van der Waals surface area contributed by atoms with Crippen molar-refractivity contribution in [1.82, 2.24) is 0 Å². The van der Waals surface area contributed by atoms with Crippen molar-refractivity contribution in [2.75, 3.05) is 6.61 Å². The number of nitrogens with two attached hydrogens (primary N) is 1. The molecule has 0 fully saturated rings. The van der Waals surface area contributed by atoms with Crippen LogP contribution >= 0.6 is 11.6 Å². The Morgan fingerprint density at radius 3 is 2.76 bits per heavy atom. The zero-order valence-corrected chi connectivity index (χ0v) is 10.00. The molecule has 1 aromatic carbocycles. The van der Waals surface area contributed by atoms with E-state index < -0.39 is 0 Å². The van der Waals surface area contributed by atoms with Crippen molar-refractivity contribution in [2.24, 2.45) is 10.7 Å².